The summed E-state index contributed by atoms with van der Waals surface area (Å²) in [5, 5.41) is 21.2. The minimum atomic E-state index is -0.474. The summed E-state index contributed by atoms with van der Waals surface area (Å²) in [5.41, 5.74) is 2.80. The lowest BCUT2D eigenvalue weighted by Gasteiger charge is -2.18. The van der Waals surface area contributed by atoms with Gasteiger partial charge in [0.05, 0.1) is 21.0 Å². The van der Waals surface area contributed by atoms with Gasteiger partial charge in [-0.25, -0.2) is 0 Å². The number of rotatable bonds is 3. The standard InChI is InChI=1S/C24H15N5O3S/c30-22-14-21-25-18-6-1-4-15-5-2-7-19(23(15)18)27(21)24(20-8-3-13-33-20)26-28(22)16-9-11-17(12-10-16)29(31)32/h1-14,25H. The molecule has 3 heterocycles. The van der Waals surface area contributed by atoms with Crippen molar-refractivity contribution in [3.05, 3.63) is 98.6 Å². The maximum Gasteiger partial charge on any atom is 0.275 e. The molecule has 1 N–H and O–H groups in total. The molecule has 0 atom stereocenters. The molecular formula is C24H15N5O3S. The smallest absolute Gasteiger partial charge is 0.275 e. The van der Waals surface area contributed by atoms with Gasteiger partial charge in [-0.3, -0.25) is 19.5 Å². The second-order valence-corrected chi connectivity index (χ2v) is 8.44. The van der Waals surface area contributed by atoms with Gasteiger partial charge >= 0.3 is 0 Å². The van der Waals surface area contributed by atoms with Gasteiger partial charge in [0.25, 0.3) is 11.6 Å². The van der Waals surface area contributed by atoms with E-state index in [-0.39, 0.29) is 11.6 Å². The van der Waals surface area contributed by atoms with E-state index in [1.807, 2.05) is 58.5 Å². The molecule has 2 aromatic heterocycles. The zero-order valence-corrected chi connectivity index (χ0v) is 17.8. The lowest BCUT2D eigenvalue weighted by atomic mass is 10.1. The van der Waals surface area contributed by atoms with Crippen LogP contribution in [-0.4, -0.2) is 26.2 Å². The monoisotopic (exact) mass is 453 g/mol. The number of nitrogens with zero attached hydrogens (tertiary/aromatic N) is 4. The highest BCUT2D eigenvalue weighted by molar-refractivity contribution is 7.12. The van der Waals surface area contributed by atoms with Gasteiger partial charge in [-0.1, -0.05) is 30.3 Å². The molecule has 33 heavy (non-hydrogen) atoms. The number of nitro benzene ring substituents is 1. The van der Waals surface area contributed by atoms with Gasteiger partial charge in [-0.2, -0.15) is 5.01 Å². The molecule has 5 aromatic rings. The minimum Gasteiger partial charge on any atom is -0.341 e. The Morgan fingerprint density at radius 1 is 0.970 bits per heavy atom. The number of thiophene rings is 1. The SMILES string of the molecule is O=C1C=c2[nH]c3cccc4cccc(c43)n2C(c2cccs2)=NN1c1ccc([N+](=O)[O-])cc1. The van der Waals surface area contributed by atoms with Crippen LogP contribution in [-0.2, 0) is 4.79 Å². The Morgan fingerprint density at radius 2 is 1.76 bits per heavy atom. The highest BCUT2D eigenvalue weighted by Crippen LogP contribution is 2.27. The molecule has 8 nitrogen and oxygen atoms in total. The fraction of sp³-hybridized carbons (Fsp3) is 0. The van der Waals surface area contributed by atoms with Crippen LogP contribution in [0.4, 0.5) is 11.4 Å². The van der Waals surface area contributed by atoms with Gasteiger partial charge in [-0.15, -0.1) is 16.4 Å². The predicted molar refractivity (Wildman–Crippen MR) is 129 cm³/mol. The van der Waals surface area contributed by atoms with Gasteiger partial charge in [0.15, 0.2) is 5.84 Å². The highest BCUT2D eigenvalue weighted by Gasteiger charge is 2.23. The van der Waals surface area contributed by atoms with E-state index in [1.165, 1.54) is 46.7 Å². The fourth-order valence-electron chi connectivity index (χ4n) is 4.10. The van der Waals surface area contributed by atoms with Gasteiger partial charge in [0, 0.05) is 29.1 Å². The number of amides is 1. The molecule has 3 aromatic carbocycles. The van der Waals surface area contributed by atoms with Crippen molar-refractivity contribution in [2.45, 2.75) is 0 Å². The van der Waals surface area contributed by atoms with Crippen molar-refractivity contribution in [2.75, 3.05) is 5.01 Å². The first-order chi connectivity index (χ1) is 16.1. The molecule has 1 amide bonds. The molecule has 1 aliphatic rings. The third-order valence-electron chi connectivity index (χ3n) is 5.55. The quantitative estimate of drug-likeness (QED) is 0.324. The van der Waals surface area contributed by atoms with E-state index in [1.54, 1.807) is 0 Å². The van der Waals surface area contributed by atoms with Crippen LogP contribution in [0.1, 0.15) is 4.88 Å². The maximum atomic E-state index is 13.3. The highest BCUT2D eigenvalue weighted by atomic mass is 32.1. The van der Waals surface area contributed by atoms with Crippen molar-refractivity contribution in [2.24, 2.45) is 5.10 Å². The second kappa shape index (κ2) is 7.28. The summed E-state index contributed by atoms with van der Waals surface area (Å²) in [4.78, 5) is 28.2. The number of hydrazone groups is 1. The van der Waals surface area contributed by atoms with Crippen molar-refractivity contribution >= 4 is 62.3 Å². The van der Waals surface area contributed by atoms with Gasteiger partial charge in [0.1, 0.15) is 5.48 Å². The third kappa shape index (κ3) is 3.06. The van der Waals surface area contributed by atoms with Crippen molar-refractivity contribution in [3.63, 3.8) is 0 Å². The Morgan fingerprint density at radius 3 is 2.48 bits per heavy atom. The number of non-ortho nitro benzene ring substituents is 1. The molecule has 0 aliphatic carbocycles. The van der Waals surface area contributed by atoms with E-state index < -0.39 is 4.92 Å². The molecule has 0 saturated carbocycles. The predicted octanol–water partition coefficient (Wildman–Crippen LogP) is 4.41. The molecule has 0 spiro atoms. The number of anilines is 1. The Bertz CT molecular complexity index is 1660. The van der Waals surface area contributed by atoms with Crippen LogP contribution in [0, 0.1) is 10.1 Å². The number of hydrogen-bond donors (Lipinski definition) is 1. The van der Waals surface area contributed by atoms with Crippen molar-refractivity contribution in [3.8, 4) is 0 Å². The van der Waals surface area contributed by atoms with E-state index in [4.69, 9.17) is 5.10 Å². The number of benzene rings is 3. The number of nitro groups is 1. The average Bonchev–Trinajstić information content (AvgIpc) is 3.31. The summed E-state index contributed by atoms with van der Waals surface area (Å²) in [6.45, 7) is 0. The zero-order valence-electron chi connectivity index (χ0n) is 17.0. The number of carbonyl (C=O) groups is 1. The van der Waals surface area contributed by atoms with Crippen molar-refractivity contribution < 1.29 is 9.72 Å². The first kappa shape index (κ1) is 19.2. The first-order valence-electron chi connectivity index (χ1n) is 10.1. The molecule has 0 fully saturated rings. The van der Waals surface area contributed by atoms with Crippen LogP contribution >= 0.6 is 11.3 Å². The van der Waals surface area contributed by atoms with Gasteiger partial charge in [-0.05, 0) is 41.1 Å². The van der Waals surface area contributed by atoms with Gasteiger partial charge in [0.2, 0.25) is 0 Å². The minimum absolute atomic E-state index is 0.0527. The molecule has 6 rings (SSSR count). The number of carbonyl (C=O) groups excluding carboxylic acids is 1. The van der Waals surface area contributed by atoms with Crippen LogP contribution < -0.4 is 10.5 Å². The maximum absolute atomic E-state index is 13.3. The number of nitrogens with one attached hydrogen (secondary N) is 1. The largest absolute Gasteiger partial charge is 0.341 e. The first-order valence-corrected chi connectivity index (χ1v) is 11.0. The van der Waals surface area contributed by atoms with E-state index in [0.717, 1.165) is 26.7 Å². The normalized spacial score (nSPS) is 13.5. The van der Waals surface area contributed by atoms with Crippen LogP contribution in [0.3, 0.4) is 0 Å². The lowest BCUT2D eigenvalue weighted by Crippen LogP contribution is -2.30. The number of fused-ring (bicyclic) bond motifs is 2. The molecular weight excluding hydrogens is 438 g/mol. The number of aromatic nitrogens is 2. The van der Waals surface area contributed by atoms with E-state index in [0.29, 0.717) is 17.0 Å². The Hall–Kier alpha value is -4.50. The van der Waals surface area contributed by atoms with Crippen molar-refractivity contribution in [1.29, 1.82) is 0 Å². The second-order valence-electron chi connectivity index (χ2n) is 7.50. The molecule has 1 aliphatic heterocycles. The molecule has 0 bridgehead atoms. The zero-order chi connectivity index (χ0) is 22.5. The Labute approximate surface area is 190 Å². The number of H-pyrrole nitrogens is 1. The summed E-state index contributed by atoms with van der Waals surface area (Å²) < 4.78 is 1.95. The molecule has 160 valence electrons. The summed E-state index contributed by atoms with van der Waals surface area (Å²) in [6.07, 6.45) is 1.50. The summed E-state index contributed by atoms with van der Waals surface area (Å²) in [5.74, 6) is 0.212. The van der Waals surface area contributed by atoms with Crippen LogP contribution in [0.2, 0.25) is 0 Å². The molecule has 9 heteroatoms. The topological polar surface area (TPSA) is 96.5 Å². The van der Waals surface area contributed by atoms with E-state index >= 15 is 0 Å². The number of aromatic amines is 1. The summed E-state index contributed by atoms with van der Waals surface area (Å²) in [7, 11) is 0. The lowest BCUT2D eigenvalue weighted by molar-refractivity contribution is -0.384. The molecule has 0 radical (unpaired) electrons. The van der Waals surface area contributed by atoms with E-state index in [2.05, 4.69) is 4.98 Å². The molecule has 0 saturated heterocycles. The Kier molecular flexibility index (Phi) is 4.24. The fourth-order valence-corrected chi connectivity index (χ4v) is 4.80. The number of hydrogen-bond acceptors (Lipinski definition) is 5. The van der Waals surface area contributed by atoms with Crippen LogP contribution in [0.5, 0.6) is 0 Å². The van der Waals surface area contributed by atoms with Crippen LogP contribution in [0.25, 0.3) is 27.9 Å². The van der Waals surface area contributed by atoms with E-state index in [9.17, 15) is 14.9 Å². The summed E-state index contributed by atoms with van der Waals surface area (Å²) in [6, 6.07) is 21.7. The average molecular weight is 453 g/mol. The Balaban J connectivity index is 1.67. The van der Waals surface area contributed by atoms with Gasteiger partial charge < -0.3 is 4.98 Å². The molecule has 0 unspecified atom stereocenters. The summed E-state index contributed by atoms with van der Waals surface area (Å²) >= 11 is 1.52. The third-order valence-corrected chi connectivity index (χ3v) is 6.42. The van der Waals surface area contributed by atoms with Crippen LogP contribution in [0.15, 0.2) is 83.3 Å². The van der Waals surface area contributed by atoms with Crippen molar-refractivity contribution in [1.82, 2.24) is 9.55 Å².